The quantitative estimate of drug-likeness (QED) is 0.794. The molecular weight excluding hydrogens is 255 g/mol. The number of halogens is 1. The van der Waals surface area contributed by atoms with Gasteiger partial charge in [0.25, 0.3) is 0 Å². The van der Waals surface area contributed by atoms with E-state index in [0.717, 1.165) is 16.6 Å². The molecule has 2 aromatic carbocycles. The lowest BCUT2D eigenvalue weighted by Gasteiger charge is -2.18. The van der Waals surface area contributed by atoms with E-state index in [1.807, 2.05) is 38.4 Å². The number of nitrogens with zero attached hydrogens (tertiary/aromatic N) is 3. The Morgan fingerprint density at radius 1 is 1.15 bits per heavy atom. The molecule has 5 heteroatoms. The summed E-state index contributed by atoms with van der Waals surface area (Å²) in [5.41, 5.74) is 1.94. The van der Waals surface area contributed by atoms with Gasteiger partial charge in [-0.2, -0.15) is 0 Å². The van der Waals surface area contributed by atoms with E-state index in [1.54, 1.807) is 16.9 Å². The van der Waals surface area contributed by atoms with Crippen LogP contribution in [0.1, 0.15) is 17.3 Å². The Morgan fingerprint density at radius 3 is 2.55 bits per heavy atom. The Kier molecular flexibility index (Phi) is 3.20. The molecule has 0 amide bonds. The number of benzene rings is 2. The Balaban J connectivity index is 2.23. The minimum absolute atomic E-state index is 0.0829. The van der Waals surface area contributed by atoms with Gasteiger partial charge in [-0.25, -0.2) is 4.39 Å². The van der Waals surface area contributed by atoms with Crippen LogP contribution in [0.4, 0.5) is 4.39 Å². The minimum atomic E-state index is -0.206. The van der Waals surface area contributed by atoms with Crippen LogP contribution in [-0.4, -0.2) is 22.0 Å². The molecule has 0 aliphatic heterocycles. The highest BCUT2D eigenvalue weighted by atomic mass is 19.1. The van der Waals surface area contributed by atoms with Crippen LogP contribution in [0.3, 0.4) is 0 Å². The van der Waals surface area contributed by atoms with Crippen LogP contribution in [0, 0.1) is 5.82 Å². The number of aryl methyl sites for hydroxylation is 1. The van der Waals surface area contributed by atoms with Gasteiger partial charge in [0, 0.05) is 12.4 Å². The van der Waals surface area contributed by atoms with Crippen LogP contribution < -0.4 is 5.32 Å². The van der Waals surface area contributed by atoms with Crippen LogP contribution >= 0.6 is 0 Å². The van der Waals surface area contributed by atoms with E-state index in [4.69, 9.17) is 0 Å². The van der Waals surface area contributed by atoms with Crippen LogP contribution in [0.5, 0.6) is 0 Å². The maximum absolute atomic E-state index is 13.9. The van der Waals surface area contributed by atoms with Gasteiger partial charge in [-0.15, -0.1) is 5.10 Å². The van der Waals surface area contributed by atoms with Gasteiger partial charge < -0.3 is 5.32 Å². The highest BCUT2D eigenvalue weighted by molar-refractivity contribution is 5.87. The SMILES string of the molecule is CNC(c1ccc(F)c2ccccc12)c1cnnn1C. The molecule has 3 aromatic rings. The van der Waals surface area contributed by atoms with Crippen molar-refractivity contribution in [1.82, 2.24) is 20.3 Å². The first kappa shape index (κ1) is 12.7. The largest absolute Gasteiger partial charge is 0.308 e. The summed E-state index contributed by atoms with van der Waals surface area (Å²) in [5, 5.41) is 12.6. The van der Waals surface area contributed by atoms with E-state index in [-0.39, 0.29) is 11.9 Å². The second kappa shape index (κ2) is 5.02. The van der Waals surface area contributed by atoms with Crippen molar-refractivity contribution in [2.24, 2.45) is 7.05 Å². The lowest BCUT2D eigenvalue weighted by Crippen LogP contribution is -2.21. The fraction of sp³-hybridized carbons (Fsp3) is 0.200. The first-order chi connectivity index (χ1) is 9.72. The number of hydrogen-bond donors (Lipinski definition) is 1. The molecule has 0 aliphatic carbocycles. The summed E-state index contributed by atoms with van der Waals surface area (Å²) in [4.78, 5) is 0. The van der Waals surface area contributed by atoms with Gasteiger partial charge in [0.1, 0.15) is 5.82 Å². The van der Waals surface area contributed by atoms with E-state index in [1.165, 1.54) is 6.07 Å². The van der Waals surface area contributed by atoms with Crippen molar-refractivity contribution >= 4 is 10.8 Å². The highest BCUT2D eigenvalue weighted by Gasteiger charge is 2.19. The monoisotopic (exact) mass is 270 g/mol. The summed E-state index contributed by atoms with van der Waals surface area (Å²) in [5.74, 6) is -0.206. The molecular formula is C15H15FN4. The Hall–Kier alpha value is -2.27. The van der Waals surface area contributed by atoms with Crippen LogP contribution in [0.15, 0.2) is 42.6 Å². The van der Waals surface area contributed by atoms with Gasteiger partial charge >= 0.3 is 0 Å². The van der Waals surface area contributed by atoms with Gasteiger partial charge in [0.05, 0.1) is 17.9 Å². The average Bonchev–Trinajstić information content (AvgIpc) is 2.89. The van der Waals surface area contributed by atoms with Gasteiger partial charge in [0.2, 0.25) is 0 Å². The maximum Gasteiger partial charge on any atom is 0.131 e. The molecule has 1 heterocycles. The van der Waals surface area contributed by atoms with E-state index in [9.17, 15) is 4.39 Å². The van der Waals surface area contributed by atoms with E-state index < -0.39 is 0 Å². The summed E-state index contributed by atoms with van der Waals surface area (Å²) < 4.78 is 15.6. The summed E-state index contributed by atoms with van der Waals surface area (Å²) >= 11 is 0. The molecule has 20 heavy (non-hydrogen) atoms. The molecule has 102 valence electrons. The van der Waals surface area contributed by atoms with Gasteiger partial charge in [-0.3, -0.25) is 4.68 Å². The molecule has 1 N–H and O–H groups in total. The predicted molar refractivity (Wildman–Crippen MR) is 75.8 cm³/mol. The van der Waals surface area contributed by atoms with E-state index in [2.05, 4.69) is 15.6 Å². The second-order valence-electron chi connectivity index (χ2n) is 4.69. The molecule has 4 nitrogen and oxygen atoms in total. The van der Waals surface area contributed by atoms with Crippen LogP contribution in [-0.2, 0) is 7.05 Å². The fourth-order valence-electron chi connectivity index (χ4n) is 2.56. The third-order valence-electron chi connectivity index (χ3n) is 3.55. The lowest BCUT2D eigenvalue weighted by molar-refractivity contribution is 0.598. The van der Waals surface area contributed by atoms with Crippen molar-refractivity contribution < 1.29 is 4.39 Å². The zero-order valence-corrected chi connectivity index (χ0v) is 11.3. The van der Waals surface area contributed by atoms with Crippen molar-refractivity contribution in [3.8, 4) is 0 Å². The summed E-state index contributed by atoms with van der Waals surface area (Å²) in [7, 11) is 3.72. The first-order valence-corrected chi connectivity index (χ1v) is 6.41. The molecule has 0 radical (unpaired) electrons. The van der Waals surface area contributed by atoms with Gasteiger partial charge in [-0.1, -0.05) is 35.5 Å². The zero-order chi connectivity index (χ0) is 14.1. The predicted octanol–water partition coefficient (Wildman–Crippen LogP) is 2.42. The topological polar surface area (TPSA) is 42.7 Å². The molecule has 0 fully saturated rings. The molecule has 0 aliphatic rings. The van der Waals surface area contributed by atoms with Crippen molar-refractivity contribution in [3.63, 3.8) is 0 Å². The van der Waals surface area contributed by atoms with Crippen LogP contribution in [0.25, 0.3) is 10.8 Å². The first-order valence-electron chi connectivity index (χ1n) is 6.41. The second-order valence-corrected chi connectivity index (χ2v) is 4.69. The average molecular weight is 270 g/mol. The summed E-state index contributed by atoms with van der Waals surface area (Å²) in [6.07, 6.45) is 1.72. The third-order valence-corrected chi connectivity index (χ3v) is 3.55. The fourth-order valence-corrected chi connectivity index (χ4v) is 2.56. The molecule has 0 saturated carbocycles. The molecule has 3 rings (SSSR count). The zero-order valence-electron chi connectivity index (χ0n) is 11.3. The number of rotatable bonds is 3. The molecule has 0 saturated heterocycles. The van der Waals surface area contributed by atoms with Gasteiger partial charge in [0.15, 0.2) is 0 Å². The molecule has 0 bridgehead atoms. The van der Waals surface area contributed by atoms with Crippen molar-refractivity contribution in [2.75, 3.05) is 7.05 Å². The molecule has 0 spiro atoms. The third kappa shape index (κ3) is 1.96. The standard InChI is InChI=1S/C15H15FN4/c1-17-15(14-9-18-19-20(14)2)12-7-8-13(16)11-6-4-3-5-10(11)12/h3-9,15,17H,1-2H3. The van der Waals surface area contributed by atoms with E-state index >= 15 is 0 Å². The maximum atomic E-state index is 13.9. The lowest BCUT2D eigenvalue weighted by atomic mass is 9.96. The van der Waals surface area contributed by atoms with Crippen LogP contribution in [0.2, 0.25) is 0 Å². The number of aromatic nitrogens is 3. The van der Waals surface area contributed by atoms with Crippen molar-refractivity contribution in [1.29, 1.82) is 0 Å². The Morgan fingerprint density at radius 2 is 1.90 bits per heavy atom. The molecule has 1 aromatic heterocycles. The Labute approximate surface area is 116 Å². The molecule has 1 atom stereocenters. The summed E-state index contributed by atoms with van der Waals surface area (Å²) in [6.45, 7) is 0. The summed E-state index contributed by atoms with van der Waals surface area (Å²) in [6, 6.07) is 10.7. The highest BCUT2D eigenvalue weighted by Crippen LogP contribution is 2.29. The van der Waals surface area contributed by atoms with Crippen molar-refractivity contribution in [2.45, 2.75) is 6.04 Å². The van der Waals surface area contributed by atoms with Crippen molar-refractivity contribution in [3.05, 3.63) is 59.7 Å². The minimum Gasteiger partial charge on any atom is -0.308 e. The number of nitrogens with one attached hydrogen (secondary N) is 1. The van der Waals surface area contributed by atoms with Gasteiger partial charge in [-0.05, 0) is 24.1 Å². The smallest absolute Gasteiger partial charge is 0.131 e. The number of fused-ring (bicyclic) bond motifs is 1. The van der Waals surface area contributed by atoms with E-state index in [0.29, 0.717) is 5.39 Å². The normalized spacial score (nSPS) is 12.8. The molecule has 1 unspecified atom stereocenters. The Bertz CT molecular complexity index is 750. The number of hydrogen-bond acceptors (Lipinski definition) is 3.